The Kier molecular flexibility index (Phi) is 3.89. The molecule has 134 valence electrons. The molecule has 2 aliphatic rings. The fourth-order valence-electron chi connectivity index (χ4n) is 3.92. The first-order valence-electron chi connectivity index (χ1n) is 8.50. The molecule has 1 heterocycles. The van der Waals surface area contributed by atoms with Gasteiger partial charge in [0.05, 0.1) is 17.6 Å². The van der Waals surface area contributed by atoms with Crippen molar-refractivity contribution in [2.45, 2.75) is 46.1 Å². The summed E-state index contributed by atoms with van der Waals surface area (Å²) < 4.78 is 10.5. The van der Waals surface area contributed by atoms with Crippen LogP contribution in [0.2, 0.25) is 0 Å². The first-order valence-corrected chi connectivity index (χ1v) is 8.50. The van der Waals surface area contributed by atoms with Crippen LogP contribution in [0, 0.1) is 10.8 Å². The van der Waals surface area contributed by atoms with Crippen LogP contribution in [0.15, 0.2) is 24.3 Å². The van der Waals surface area contributed by atoms with E-state index in [1.165, 1.54) is 0 Å². The van der Waals surface area contributed by atoms with Gasteiger partial charge in [-0.25, -0.2) is 4.79 Å². The van der Waals surface area contributed by atoms with Gasteiger partial charge in [-0.3, -0.25) is 9.59 Å². The summed E-state index contributed by atoms with van der Waals surface area (Å²) in [6.45, 7) is 7.68. The average molecular weight is 345 g/mol. The summed E-state index contributed by atoms with van der Waals surface area (Å²) >= 11 is 0. The molecule has 1 aliphatic heterocycles. The van der Waals surface area contributed by atoms with E-state index in [2.05, 4.69) is 5.32 Å². The van der Waals surface area contributed by atoms with E-state index in [0.717, 1.165) is 0 Å². The average Bonchev–Trinajstić information content (AvgIpc) is 2.86. The first kappa shape index (κ1) is 17.5. The Bertz CT molecular complexity index is 756. The lowest BCUT2D eigenvalue weighted by Crippen LogP contribution is -2.50. The number of fused-ring (bicyclic) bond motifs is 2. The molecular weight excluding hydrogens is 322 g/mol. The highest BCUT2D eigenvalue weighted by molar-refractivity contribution is 6.03. The van der Waals surface area contributed by atoms with Crippen molar-refractivity contribution in [3.63, 3.8) is 0 Å². The van der Waals surface area contributed by atoms with Gasteiger partial charge in [-0.2, -0.15) is 0 Å². The van der Waals surface area contributed by atoms with Crippen molar-refractivity contribution in [3.8, 4) is 0 Å². The molecule has 3 rings (SSSR count). The van der Waals surface area contributed by atoms with Crippen LogP contribution in [-0.4, -0.2) is 30.1 Å². The topological polar surface area (TPSA) is 81.7 Å². The quantitative estimate of drug-likeness (QED) is 0.849. The fraction of sp³-hybridized carbons (Fsp3) is 0.526. The number of benzene rings is 1. The number of rotatable bonds is 4. The zero-order chi connectivity index (χ0) is 18.5. The van der Waals surface area contributed by atoms with Gasteiger partial charge in [0.1, 0.15) is 0 Å². The Labute approximate surface area is 146 Å². The third-order valence-electron chi connectivity index (χ3n) is 6.08. The molecule has 2 fully saturated rings. The minimum atomic E-state index is -1.18. The van der Waals surface area contributed by atoms with E-state index in [0.29, 0.717) is 24.1 Å². The second kappa shape index (κ2) is 5.58. The van der Waals surface area contributed by atoms with Crippen LogP contribution in [0.5, 0.6) is 0 Å². The lowest BCUT2D eigenvalue weighted by molar-refractivity contribution is -0.165. The number of esters is 2. The molecule has 2 atom stereocenters. The highest BCUT2D eigenvalue weighted by atomic mass is 16.6. The molecule has 1 saturated heterocycles. The van der Waals surface area contributed by atoms with Gasteiger partial charge in [-0.05, 0) is 44.9 Å². The smallest absolute Gasteiger partial charge is 0.338 e. The van der Waals surface area contributed by atoms with Crippen molar-refractivity contribution >= 4 is 23.5 Å². The van der Waals surface area contributed by atoms with Gasteiger partial charge in [0.2, 0.25) is 0 Å². The zero-order valence-electron chi connectivity index (χ0n) is 15.0. The molecule has 1 aliphatic carbocycles. The largest absolute Gasteiger partial charge is 0.462 e. The molecule has 0 spiro atoms. The lowest BCUT2D eigenvalue weighted by Gasteiger charge is -2.35. The van der Waals surface area contributed by atoms with Gasteiger partial charge < -0.3 is 14.8 Å². The van der Waals surface area contributed by atoms with Gasteiger partial charge in [0.25, 0.3) is 5.91 Å². The van der Waals surface area contributed by atoms with Gasteiger partial charge in [0, 0.05) is 11.1 Å². The highest BCUT2D eigenvalue weighted by Crippen LogP contribution is 2.65. The standard InChI is InChI=1S/C19H23NO5/c1-5-24-14(21)12-7-6-8-13(11-12)20-15(22)19-10-9-18(4,16(23)25-19)17(19,2)3/h6-8,11H,5,9-10H2,1-4H3,(H,20,22)/t18-,19+/m1/s1. The Morgan fingerprint density at radius 3 is 2.52 bits per heavy atom. The maximum Gasteiger partial charge on any atom is 0.338 e. The molecule has 1 N–H and O–H groups in total. The second-order valence-corrected chi connectivity index (χ2v) is 7.43. The van der Waals surface area contributed by atoms with Crippen molar-refractivity contribution in [1.29, 1.82) is 0 Å². The third kappa shape index (κ3) is 2.27. The van der Waals surface area contributed by atoms with E-state index in [9.17, 15) is 14.4 Å². The lowest BCUT2D eigenvalue weighted by atomic mass is 9.66. The number of nitrogens with one attached hydrogen (secondary N) is 1. The summed E-state index contributed by atoms with van der Waals surface area (Å²) in [5, 5.41) is 2.81. The summed E-state index contributed by atoms with van der Waals surface area (Å²) in [5.74, 6) is -1.12. The summed E-state index contributed by atoms with van der Waals surface area (Å²) in [4.78, 5) is 37.1. The minimum Gasteiger partial charge on any atom is -0.462 e. The zero-order valence-corrected chi connectivity index (χ0v) is 15.0. The predicted molar refractivity (Wildman–Crippen MR) is 91.0 cm³/mol. The predicted octanol–water partition coefficient (Wildman–Crippen LogP) is 2.92. The molecule has 0 radical (unpaired) electrons. The van der Waals surface area contributed by atoms with Gasteiger partial charge >= 0.3 is 11.9 Å². The molecule has 0 aromatic heterocycles. The number of ether oxygens (including phenoxy) is 2. The molecule has 0 unspecified atom stereocenters. The fourth-order valence-corrected chi connectivity index (χ4v) is 3.92. The molecule has 2 bridgehead atoms. The van der Waals surface area contributed by atoms with Crippen molar-refractivity contribution in [2.24, 2.45) is 10.8 Å². The number of anilines is 1. The highest BCUT2D eigenvalue weighted by Gasteiger charge is 2.75. The molecule has 6 heteroatoms. The Hall–Kier alpha value is -2.37. The van der Waals surface area contributed by atoms with E-state index < -0.39 is 22.4 Å². The van der Waals surface area contributed by atoms with Crippen LogP contribution >= 0.6 is 0 Å². The van der Waals surface area contributed by atoms with Crippen LogP contribution in [0.4, 0.5) is 5.69 Å². The van der Waals surface area contributed by atoms with Gasteiger partial charge in [-0.1, -0.05) is 19.9 Å². The normalized spacial score (nSPS) is 29.2. The van der Waals surface area contributed by atoms with Crippen LogP contribution < -0.4 is 5.32 Å². The molecule has 1 saturated carbocycles. The summed E-state index contributed by atoms with van der Waals surface area (Å²) in [7, 11) is 0. The maximum absolute atomic E-state index is 13.0. The van der Waals surface area contributed by atoms with E-state index in [1.807, 2.05) is 20.8 Å². The third-order valence-corrected chi connectivity index (χ3v) is 6.08. The molecular formula is C19H23NO5. The van der Waals surface area contributed by atoms with Gasteiger partial charge in [-0.15, -0.1) is 0 Å². The number of carbonyl (C=O) groups excluding carboxylic acids is 3. The van der Waals surface area contributed by atoms with Crippen molar-refractivity contribution in [2.75, 3.05) is 11.9 Å². The molecule has 25 heavy (non-hydrogen) atoms. The molecule has 6 nitrogen and oxygen atoms in total. The van der Waals surface area contributed by atoms with E-state index >= 15 is 0 Å². The molecule has 1 aromatic rings. The summed E-state index contributed by atoms with van der Waals surface area (Å²) in [6.07, 6.45) is 1.11. The summed E-state index contributed by atoms with van der Waals surface area (Å²) in [5.41, 5.74) is -1.62. The van der Waals surface area contributed by atoms with Crippen molar-refractivity contribution in [1.82, 2.24) is 0 Å². The van der Waals surface area contributed by atoms with Crippen LogP contribution in [0.3, 0.4) is 0 Å². The summed E-state index contributed by atoms with van der Waals surface area (Å²) in [6, 6.07) is 6.54. The van der Waals surface area contributed by atoms with Gasteiger partial charge in [0.15, 0.2) is 5.60 Å². The number of hydrogen-bond donors (Lipinski definition) is 1. The van der Waals surface area contributed by atoms with E-state index in [4.69, 9.17) is 9.47 Å². The minimum absolute atomic E-state index is 0.279. The van der Waals surface area contributed by atoms with Crippen molar-refractivity contribution < 1.29 is 23.9 Å². The second-order valence-electron chi connectivity index (χ2n) is 7.43. The number of hydrogen-bond acceptors (Lipinski definition) is 5. The Morgan fingerprint density at radius 2 is 1.96 bits per heavy atom. The Morgan fingerprint density at radius 1 is 1.24 bits per heavy atom. The number of carbonyl (C=O) groups is 3. The SMILES string of the molecule is CCOC(=O)c1cccc(NC(=O)[C@]23CC[C@](C)(C(=O)O2)C3(C)C)c1. The Balaban J connectivity index is 1.85. The van der Waals surface area contributed by atoms with Crippen LogP contribution in [0.1, 0.15) is 50.9 Å². The van der Waals surface area contributed by atoms with Crippen molar-refractivity contribution in [3.05, 3.63) is 29.8 Å². The van der Waals surface area contributed by atoms with Crippen LogP contribution in [0.25, 0.3) is 0 Å². The van der Waals surface area contributed by atoms with E-state index in [-0.39, 0.29) is 18.5 Å². The van der Waals surface area contributed by atoms with Crippen LogP contribution in [-0.2, 0) is 19.1 Å². The maximum atomic E-state index is 13.0. The first-order chi connectivity index (χ1) is 11.7. The molecule has 1 aromatic carbocycles. The molecule has 1 amide bonds. The van der Waals surface area contributed by atoms with E-state index in [1.54, 1.807) is 31.2 Å². The monoisotopic (exact) mass is 345 g/mol. The number of amides is 1.